The van der Waals surface area contributed by atoms with Crippen LogP contribution in [0, 0.1) is 6.92 Å². The van der Waals surface area contributed by atoms with Crippen molar-refractivity contribution in [3.8, 4) is 0 Å². The van der Waals surface area contributed by atoms with Gasteiger partial charge in [-0.2, -0.15) is 0 Å². The first-order chi connectivity index (χ1) is 12.2. The zero-order valence-corrected chi connectivity index (χ0v) is 14.7. The van der Waals surface area contributed by atoms with Gasteiger partial charge >= 0.3 is 0 Å². The van der Waals surface area contributed by atoms with Gasteiger partial charge in [0.15, 0.2) is 5.96 Å². The lowest BCUT2D eigenvalue weighted by atomic mass is 10.1. The van der Waals surface area contributed by atoms with Gasteiger partial charge in [0.1, 0.15) is 0 Å². The Morgan fingerprint density at radius 3 is 2.60 bits per heavy atom. The number of nitrogens with zero attached hydrogens (tertiary/aromatic N) is 2. The van der Waals surface area contributed by atoms with Crippen LogP contribution in [-0.4, -0.2) is 31.5 Å². The summed E-state index contributed by atoms with van der Waals surface area (Å²) < 4.78 is 0. The van der Waals surface area contributed by atoms with Crippen molar-refractivity contribution in [2.24, 2.45) is 4.99 Å². The fraction of sp³-hybridized carbons (Fsp3) is 0.300. The van der Waals surface area contributed by atoms with Crippen LogP contribution in [0.3, 0.4) is 0 Å². The highest BCUT2D eigenvalue weighted by atomic mass is 16.2. The van der Waals surface area contributed by atoms with Crippen molar-refractivity contribution in [2.75, 3.05) is 18.5 Å². The first-order valence-corrected chi connectivity index (χ1v) is 8.54. The molecule has 1 unspecified atom stereocenters. The molecule has 1 amide bonds. The number of aliphatic imine (C=N–C) groups is 1. The number of hydrogen-bond acceptors (Lipinski definition) is 2. The molecule has 2 aromatic rings. The normalized spacial score (nSPS) is 17.7. The molecule has 0 bridgehead atoms. The van der Waals surface area contributed by atoms with Crippen molar-refractivity contribution in [1.29, 1.82) is 0 Å². The number of amides is 1. The number of nitrogens with one attached hydrogen (secondary N) is 2. The summed E-state index contributed by atoms with van der Waals surface area (Å²) in [6.07, 6.45) is 0.472. The van der Waals surface area contributed by atoms with E-state index in [4.69, 9.17) is 0 Å². The highest BCUT2D eigenvalue weighted by molar-refractivity contribution is 5.97. The summed E-state index contributed by atoms with van der Waals surface area (Å²) in [5.41, 5.74) is 3.43. The lowest BCUT2D eigenvalue weighted by molar-refractivity contribution is -0.117. The minimum Gasteiger partial charge on any atom is -0.352 e. The number of hydrogen-bond donors (Lipinski definition) is 2. The Morgan fingerprint density at radius 1 is 1.16 bits per heavy atom. The molecule has 5 nitrogen and oxygen atoms in total. The predicted molar refractivity (Wildman–Crippen MR) is 102 cm³/mol. The molecule has 3 rings (SSSR count). The van der Waals surface area contributed by atoms with Crippen molar-refractivity contribution < 1.29 is 4.79 Å². The van der Waals surface area contributed by atoms with Crippen molar-refractivity contribution >= 4 is 17.6 Å². The third-order valence-electron chi connectivity index (χ3n) is 4.46. The third-order valence-corrected chi connectivity index (χ3v) is 4.46. The highest BCUT2D eigenvalue weighted by Gasteiger charge is 2.30. The third kappa shape index (κ3) is 4.18. The molecule has 1 atom stereocenters. The van der Waals surface area contributed by atoms with Gasteiger partial charge in [-0.05, 0) is 30.2 Å². The summed E-state index contributed by atoms with van der Waals surface area (Å²) >= 11 is 0. The fourth-order valence-corrected chi connectivity index (χ4v) is 3.04. The van der Waals surface area contributed by atoms with E-state index in [1.54, 1.807) is 7.05 Å². The molecule has 2 aromatic carbocycles. The molecule has 0 aromatic heterocycles. The Balaban J connectivity index is 1.58. The summed E-state index contributed by atoms with van der Waals surface area (Å²) in [7, 11) is 1.75. The average molecular weight is 336 g/mol. The molecule has 0 spiro atoms. The van der Waals surface area contributed by atoms with Crippen LogP contribution in [0.1, 0.15) is 17.5 Å². The molecule has 130 valence electrons. The number of aryl methyl sites for hydroxylation is 1. The van der Waals surface area contributed by atoms with Crippen molar-refractivity contribution in [3.05, 3.63) is 65.7 Å². The van der Waals surface area contributed by atoms with E-state index < -0.39 is 0 Å². The minimum atomic E-state index is 0.0516. The maximum atomic E-state index is 12.3. The Bertz CT molecular complexity index is 757. The number of carbonyl (C=O) groups is 1. The second-order valence-electron chi connectivity index (χ2n) is 6.24. The second-order valence-corrected chi connectivity index (χ2v) is 6.24. The maximum absolute atomic E-state index is 12.3. The number of guanidine groups is 1. The van der Waals surface area contributed by atoms with E-state index in [-0.39, 0.29) is 11.9 Å². The maximum Gasteiger partial charge on any atom is 0.229 e. The van der Waals surface area contributed by atoms with Crippen molar-refractivity contribution in [2.45, 2.75) is 25.9 Å². The van der Waals surface area contributed by atoms with E-state index in [2.05, 4.69) is 34.7 Å². The molecule has 1 aliphatic rings. The molecule has 1 heterocycles. The van der Waals surface area contributed by atoms with Gasteiger partial charge in [0, 0.05) is 32.2 Å². The summed E-state index contributed by atoms with van der Waals surface area (Å²) in [6.45, 7) is 3.45. The van der Waals surface area contributed by atoms with Crippen LogP contribution in [0.5, 0.6) is 0 Å². The van der Waals surface area contributed by atoms with E-state index in [0.717, 1.165) is 11.6 Å². The molecule has 25 heavy (non-hydrogen) atoms. The van der Waals surface area contributed by atoms with Gasteiger partial charge in [-0.1, -0.05) is 42.5 Å². The van der Waals surface area contributed by atoms with Gasteiger partial charge in [0.25, 0.3) is 0 Å². The zero-order valence-electron chi connectivity index (χ0n) is 14.7. The topological polar surface area (TPSA) is 56.7 Å². The molecular formula is C20H24N4O. The molecule has 2 N–H and O–H groups in total. The van der Waals surface area contributed by atoms with Gasteiger partial charge in [0.05, 0.1) is 6.04 Å². The van der Waals surface area contributed by atoms with E-state index in [1.165, 1.54) is 11.1 Å². The number of anilines is 1. The number of carbonyl (C=O) groups excluding carboxylic acids is 1. The molecule has 1 fully saturated rings. The molecule has 0 radical (unpaired) electrons. The Morgan fingerprint density at radius 2 is 1.88 bits per heavy atom. The van der Waals surface area contributed by atoms with E-state index in [9.17, 15) is 4.79 Å². The number of para-hydroxylation sites is 1. The molecule has 0 saturated carbocycles. The molecule has 0 aliphatic carbocycles. The molecular weight excluding hydrogens is 312 g/mol. The summed E-state index contributed by atoms with van der Waals surface area (Å²) in [5.74, 6) is 0.856. The number of benzene rings is 2. The van der Waals surface area contributed by atoms with Gasteiger partial charge in [-0.3, -0.25) is 9.79 Å². The largest absolute Gasteiger partial charge is 0.352 e. The van der Waals surface area contributed by atoms with E-state index in [0.29, 0.717) is 19.5 Å². The first kappa shape index (κ1) is 17.0. The van der Waals surface area contributed by atoms with Crippen LogP contribution >= 0.6 is 0 Å². The molecule has 1 aliphatic heterocycles. The first-order valence-electron chi connectivity index (χ1n) is 8.54. The summed E-state index contributed by atoms with van der Waals surface area (Å²) in [6, 6.07) is 18.1. The van der Waals surface area contributed by atoms with Crippen LogP contribution in [0.4, 0.5) is 5.69 Å². The Hall–Kier alpha value is -2.82. The quantitative estimate of drug-likeness (QED) is 0.666. The molecule has 5 heteroatoms. The standard InChI is InChI=1S/C20H24N4O/c1-15-8-6-7-9-16(15)13-22-20(21-2)23-17-12-19(25)24(14-17)18-10-4-3-5-11-18/h3-11,17H,12-14H2,1-2H3,(H2,21,22,23). The lowest BCUT2D eigenvalue weighted by Crippen LogP contribution is -2.44. The van der Waals surface area contributed by atoms with E-state index >= 15 is 0 Å². The Labute approximate surface area is 148 Å². The highest BCUT2D eigenvalue weighted by Crippen LogP contribution is 2.20. The second kappa shape index (κ2) is 7.83. The summed E-state index contributed by atoms with van der Waals surface area (Å²) in [5, 5.41) is 6.69. The predicted octanol–water partition coefficient (Wildman–Crippen LogP) is 2.47. The van der Waals surface area contributed by atoms with Gasteiger partial charge in [-0.15, -0.1) is 0 Å². The summed E-state index contributed by atoms with van der Waals surface area (Å²) in [4.78, 5) is 18.4. The lowest BCUT2D eigenvalue weighted by Gasteiger charge is -2.19. The zero-order chi connectivity index (χ0) is 17.6. The van der Waals surface area contributed by atoms with Crippen LogP contribution in [0.2, 0.25) is 0 Å². The van der Waals surface area contributed by atoms with Crippen LogP contribution in [0.15, 0.2) is 59.6 Å². The minimum absolute atomic E-state index is 0.0516. The van der Waals surface area contributed by atoms with Crippen LogP contribution in [0.25, 0.3) is 0 Å². The Kier molecular flexibility index (Phi) is 5.33. The van der Waals surface area contributed by atoms with Gasteiger partial charge in [0.2, 0.25) is 5.91 Å². The van der Waals surface area contributed by atoms with Gasteiger partial charge < -0.3 is 15.5 Å². The van der Waals surface area contributed by atoms with Crippen molar-refractivity contribution in [3.63, 3.8) is 0 Å². The SMILES string of the molecule is CN=C(NCc1ccccc1C)NC1CC(=O)N(c2ccccc2)C1. The monoisotopic (exact) mass is 336 g/mol. The number of rotatable bonds is 4. The van der Waals surface area contributed by atoms with Crippen molar-refractivity contribution in [1.82, 2.24) is 10.6 Å². The van der Waals surface area contributed by atoms with Crippen LogP contribution < -0.4 is 15.5 Å². The van der Waals surface area contributed by atoms with E-state index in [1.807, 2.05) is 47.4 Å². The fourth-order valence-electron chi connectivity index (χ4n) is 3.04. The average Bonchev–Trinajstić information content (AvgIpc) is 3.01. The van der Waals surface area contributed by atoms with Crippen LogP contribution in [-0.2, 0) is 11.3 Å². The molecule has 1 saturated heterocycles. The smallest absolute Gasteiger partial charge is 0.229 e. The van der Waals surface area contributed by atoms with Gasteiger partial charge in [-0.25, -0.2) is 0 Å².